The molecule has 4 heteroatoms. The summed E-state index contributed by atoms with van der Waals surface area (Å²) in [6.45, 7) is 0. The molecule has 1 atom stereocenters. The summed E-state index contributed by atoms with van der Waals surface area (Å²) >= 11 is 0. The highest BCUT2D eigenvalue weighted by Crippen LogP contribution is 2.40. The first-order chi connectivity index (χ1) is 12.2. The van der Waals surface area contributed by atoms with Crippen LogP contribution in [0.3, 0.4) is 0 Å². The zero-order valence-electron chi connectivity index (χ0n) is 13.9. The zero-order chi connectivity index (χ0) is 17.2. The third-order valence-electron chi connectivity index (χ3n) is 4.79. The van der Waals surface area contributed by atoms with Gasteiger partial charge in [-0.15, -0.1) is 0 Å². The molecule has 1 aliphatic carbocycles. The summed E-state index contributed by atoms with van der Waals surface area (Å²) < 4.78 is 0. The van der Waals surface area contributed by atoms with Crippen LogP contribution in [0.15, 0.2) is 71.5 Å². The number of nitrogens with zero attached hydrogens (tertiary/aromatic N) is 2. The highest BCUT2D eigenvalue weighted by molar-refractivity contribution is 6.02. The van der Waals surface area contributed by atoms with Gasteiger partial charge in [-0.2, -0.15) is 5.10 Å². The normalized spacial score (nSPS) is 20.4. The molecule has 4 nitrogen and oxygen atoms in total. The Morgan fingerprint density at radius 3 is 2.52 bits per heavy atom. The van der Waals surface area contributed by atoms with E-state index in [0.717, 1.165) is 35.4 Å². The predicted octanol–water partition coefficient (Wildman–Crippen LogP) is 4.18. The zero-order valence-corrected chi connectivity index (χ0v) is 13.9. The van der Waals surface area contributed by atoms with Gasteiger partial charge >= 0.3 is 0 Å². The smallest absolute Gasteiger partial charge is 0.157 e. The summed E-state index contributed by atoms with van der Waals surface area (Å²) in [6.07, 6.45) is 4.71. The highest BCUT2D eigenvalue weighted by Gasteiger charge is 2.33. The van der Waals surface area contributed by atoms with Gasteiger partial charge in [0.25, 0.3) is 0 Å². The number of phenols is 1. The lowest BCUT2D eigenvalue weighted by atomic mass is 9.96. The van der Waals surface area contributed by atoms with Crippen molar-refractivity contribution in [1.82, 2.24) is 5.01 Å². The topological polar surface area (TPSA) is 52.9 Å². The number of para-hydroxylation sites is 1. The Hall–Kier alpha value is -2.88. The monoisotopic (exact) mass is 332 g/mol. The maximum absolute atomic E-state index is 11.9. The molecule has 1 aliphatic heterocycles. The number of carbonyl (C=O) groups is 1. The number of rotatable bonds is 3. The van der Waals surface area contributed by atoms with Gasteiger partial charge in [-0.1, -0.05) is 48.5 Å². The number of phenolic OH excluding ortho intramolecular Hbond substituents is 1. The minimum absolute atomic E-state index is 0.0893. The Labute approximate surface area is 147 Å². The number of allylic oxidation sites excluding steroid dienone is 2. The molecule has 1 heterocycles. The van der Waals surface area contributed by atoms with Gasteiger partial charge in [0.05, 0.1) is 11.8 Å². The molecule has 126 valence electrons. The molecule has 0 radical (unpaired) electrons. The van der Waals surface area contributed by atoms with E-state index in [1.54, 1.807) is 12.1 Å². The lowest BCUT2D eigenvalue weighted by Crippen LogP contribution is -2.22. The SMILES string of the molecule is O=C1C=C(N2N=C(c3ccccc3)C[C@H]2c2ccccc2O)CCC1. The van der Waals surface area contributed by atoms with E-state index in [4.69, 9.17) is 5.10 Å². The molecular formula is C21H20N2O2. The summed E-state index contributed by atoms with van der Waals surface area (Å²) in [5.74, 6) is 0.422. The van der Waals surface area contributed by atoms with E-state index in [-0.39, 0.29) is 17.6 Å². The molecule has 2 aromatic rings. The fourth-order valence-corrected chi connectivity index (χ4v) is 3.55. The fraction of sp³-hybridized carbons (Fsp3) is 0.238. The molecule has 0 bridgehead atoms. The van der Waals surface area contributed by atoms with Crippen molar-refractivity contribution in [1.29, 1.82) is 0 Å². The number of carbonyl (C=O) groups excluding carboxylic acids is 1. The summed E-state index contributed by atoms with van der Waals surface area (Å²) in [4.78, 5) is 11.9. The van der Waals surface area contributed by atoms with Crippen molar-refractivity contribution in [3.8, 4) is 5.75 Å². The largest absolute Gasteiger partial charge is 0.508 e. The lowest BCUT2D eigenvalue weighted by molar-refractivity contribution is -0.115. The van der Waals surface area contributed by atoms with Crippen molar-refractivity contribution in [2.45, 2.75) is 31.7 Å². The van der Waals surface area contributed by atoms with E-state index in [9.17, 15) is 9.90 Å². The molecule has 0 unspecified atom stereocenters. The molecule has 2 aromatic carbocycles. The van der Waals surface area contributed by atoms with Gasteiger partial charge in [-0.3, -0.25) is 9.80 Å². The first kappa shape index (κ1) is 15.6. The first-order valence-electron chi connectivity index (χ1n) is 8.66. The average molecular weight is 332 g/mol. The molecular weight excluding hydrogens is 312 g/mol. The maximum atomic E-state index is 11.9. The molecule has 0 fully saturated rings. The number of ketones is 1. The van der Waals surface area contributed by atoms with Gasteiger partial charge in [0.15, 0.2) is 5.78 Å². The van der Waals surface area contributed by atoms with Gasteiger partial charge in [0.2, 0.25) is 0 Å². The third-order valence-corrected chi connectivity index (χ3v) is 4.79. The van der Waals surface area contributed by atoms with Crippen molar-refractivity contribution in [2.75, 3.05) is 0 Å². The van der Waals surface area contributed by atoms with Crippen LogP contribution >= 0.6 is 0 Å². The molecule has 0 aromatic heterocycles. The molecule has 0 amide bonds. The molecule has 0 saturated carbocycles. The fourth-order valence-electron chi connectivity index (χ4n) is 3.55. The van der Waals surface area contributed by atoms with Crippen molar-refractivity contribution in [2.24, 2.45) is 5.10 Å². The van der Waals surface area contributed by atoms with Crippen LogP contribution in [-0.4, -0.2) is 21.6 Å². The maximum Gasteiger partial charge on any atom is 0.157 e. The Balaban J connectivity index is 1.75. The van der Waals surface area contributed by atoms with E-state index in [1.165, 1.54) is 0 Å². The van der Waals surface area contributed by atoms with Crippen molar-refractivity contribution < 1.29 is 9.90 Å². The number of hydrogen-bond acceptors (Lipinski definition) is 4. The molecule has 1 N–H and O–H groups in total. The molecule has 25 heavy (non-hydrogen) atoms. The minimum atomic E-state index is -0.0893. The third kappa shape index (κ3) is 3.07. The van der Waals surface area contributed by atoms with E-state index in [0.29, 0.717) is 12.8 Å². The first-order valence-corrected chi connectivity index (χ1v) is 8.66. The van der Waals surface area contributed by atoms with Gasteiger partial charge < -0.3 is 5.11 Å². The average Bonchev–Trinajstić information content (AvgIpc) is 3.08. The van der Waals surface area contributed by atoms with Crippen LogP contribution in [-0.2, 0) is 4.79 Å². The van der Waals surface area contributed by atoms with Gasteiger partial charge in [0, 0.05) is 30.2 Å². The number of benzene rings is 2. The minimum Gasteiger partial charge on any atom is -0.508 e. The van der Waals surface area contributed by atoms with Crippen LogP contribution in [0.1, 0.15) is 42.9 Å². The molecule has 0 spiro atoms. The number of hydrazone groups is 1. The Morgan fingerprint density at radius 1 is 1.00 bits per heavy atom. The summed E-state index contributed by atoms with van der Waals surface area (Å²) in [5.41, 5.74) is 3.84. The predicted molar refractivity (Wildman–Crippen MR) is 97.2 cm³/mol. The van der Waals surface area contributed by atoms with Gasteiger partial charge in [-0.25, -0.2) is 0 Å². The molecule has 4 rings (SSSR count). The summed E-state index contributed by atoms with van der Waals surface area (Å²) in [5, 5.41) is 17.1. The van der Waals surface area contributed by atoms with Crippen LogP contribution in [0.5, 0.6) is 5.75 Å². The van der Waals surface area contributed by atoms with Crippen LogP contribution in [0, 0.1) is 0 Å². The van der Waals surface area contributed by atoms with E-state index in [1.807, 2.05) is 53.5 Å². The van der Waals surface area contributed by atoms with Crippen molar-refractivity contribution >= 4 is 11.5 Å². The Morgan fingerprint density at radius 2 is 1.76 bits per heavy atom. The van der Waals surface area contributed by atoms with Gasteiger partial charge in [-0.05, 0) is 24.5 Å². The number of hydrogen-bond donors (Lipinski definition) is 1. The van der Waals surface area contributed by atoms with E-state index >= 15 is 0 Å². The summed E-state index contributed by atoms with van der Waals surface area (Å²) in [7, 11) is 0. The van der Waals surface area contributed by atoms with Crippen LogP contribution in [0.25, 0.3) is 0 Å². The van der Waals surface area contributed by atoms with E-state index in [2.05, 4.69) is 0 Å². The standard InChI is InChI=1S/C21H20N2O2/c24-17-10-6-9-16(13-17)23-20(18-11-4-5-12-21(18)25)14-19(22-23)15-7-2-1-3-8-15/h1-5,7-8,11-13,20,25H,6,9-10,14H2/t20-/m0/s1. The van der Waals surface area contributed by atoms with Crippen LogP contribution in [0.4, 0.5) is 0 Å². The Kier molecular flexibility index (Phi) is 4.10. The van der Waals surface area contributed by atoms with E-state index < -0.39 is 0 Å². The Bertz CT molecular complexity index is 855. The quantitative estimate of drug-likeness (QED) is 0.917. The summed E-state index contributed by atoms with van der Waals surface area (Å²) in [6, 6.07) is 17.4. The second-order valence-electron chi connectivity index (χ2n) is 6.49. The molecule has 0 saturated heterocycles. The second-order valence-corrected chi connectivity index (χ2v) is 6.49. The van der Waals surface area contributed by atoms with Crippen LogP contribution < -0.4 is 0 Å². The molecule has 2 aliphatic rings. The van der Waals surface area contributed by atoms with Gasteiger partial charge in [0.1, 0.15) is 5.75 Å². The second kappa shape index (κ2) is 6.55. The van der Waals surface area contributed by atoms with Crippen molar-refractivity contribution in [3.05, 3.63) is 77.5 Å². The number of aromatic hydroxyl groups is 1. The van der Waals surface area contributed by atoms with Crippen molar-refractivity contribution in [3.63, 3.8) is 0 Å². The highest BCUT2D eigenvalue weighted by atomic mass is 16.3. The van der Waals surface area contributed by atoms with Crippen LogP contribution in [0.2, 0.25) is 0 Å². The lowest BCUT2D eigenvalue weighted by Gasteiger charge is -2.28.